The molecule has 2 aromatic carbocycles. The van der Waals surface area contributed by atoms with E-state index in [1.54, 1.807) is 24.3 Å². The highest BCUT2D eigenvalue weighted by Gasteiger charge is 2.55. The van der Waals surface area contributed by atoms with E-state index in [0.717, 1.165) is 20.5 Å². The maximum absolute atomic E-state index is 12.9. The fourth-order valence-corrected chi connectivity index (χ4v) is 3.69. The van der Waals surface area contributed by atoms with Gasteiger partial charge in [0.05, 0.1) is 5.69 Å². The molecule has 2 aromatic rings. The van der Waals surface area contributed by atoms with Crippen LogP contribution in [0.5, 0.6) is 0 Å². The quantitative estimate of drug-likeness (QED) is 0.716. The van der Waals surface area contributed by atoms with Gasteiger partial charge in [-0.05, 0) is 55.3 Å². The standard InChI is InChI=1S/C20H18BrN5O3/c1-11-4-3-5-15(12(11)2)22-16(27)10-25-18-17(23-24-25)19(28)26(20(18)29)14-8-6-13(21)7-9-14/h3-9,17-18H,10H2,1-2H3,(H,22,27)/t17-,18+/m0/s1. The maximum Gasteiger partial charge on any atom is 0.263 e. The van der Waals surface area contributed by atoms with Gasteiger partial charge < -0.3 is 5.32 Å². The van der Waals surface area contributed by atoms with Crippen molar-refractivity contribution < 1.29 is 14.4 Å². The van der Waals surface area contributed by atoms with Gasteiger partial charge in [0.2, 0.25) is 5.91 Å². The first kappa shape index (κ1) is 19.3. The Hall–Kier alpha value is -3.07. The molecule has 3 amide bonds. The Morgan fingerprint density at radius 2 is 1.83 bits per heavy atom. The molecule has 0 radical (unpaired) electrons. The molecular weight excluding hydrogens is 438 g/mol. The van der Waals surface area contributed by atoms with Crippen molar-refractivity contribution in [3.63, 3.8) is 0 Å². The second-order valence-electron chi connectivity index (χ2n) is 6.98. The fraction of sp³-hybridized carbons (Fsp3) is 0.250. The molecule has 0 aromatic heterocycles. The Labute approximate surface area is 175 Å². The van der Waals surface area contributed by atoms with E-state index < -0.39 is 23.9 Å². The number of fused-ring (bicyclic) bond motifs is 1. The summed E-state index contributed by atoms with van der Waals surface area (Å²) < 4.78 is 0.838. The Kier molecular flexibility index (Phi) is 4.91. The number of aryl methyl sites for hydroxylation is 1. The van der Waals surface area contributed by atoms with E-state index in [1.165, 1.54) is 5.01 Å². The molecule has 2 heterocycles. The van der Waals surface area contributed by atoms with Crippen LogP contribution in [0.15, 0.2) is 57.3 Å². The number of nitrogens with zero attached hydrogens (tertiary/aromatic N) is 4. The van der Waals surface area contributed by atoms with Crippen molar-refractivity contribution in [2.45, 2.75) is 25.9 Å². The van der Waals surface area contributed by atoms with Crippen molar-refractivity contribution in [2.75, 3.05) is 16.8 Å². The summed E-state index contributed by atoms with van der Waals surface area (Å²) in [6.07, 6.45) is 0. The van der Waals surface area contributed by atoms with Crippen LogP contribution >= 0.6 is 15.9 Å². The Morgan fingerprint density at radius 3 is 2.55 bits per heavy atom. The fourth-order valence-electron chi connectivity index (χ4n) is 3.42. The van der Waals surface area contributed by atoms with Crippen molar-refractivity contribution in [3.05, 3.63) is 58.1 Å². The Balaban J connectivity index is 1.49. The average Bonchev–Trinajstić information content (AvgIpc) is 3.20. The topological polar surface area (TPSA) is 94.4 Å². The smallest absolute Gasteiger partial charge is 0.263 e. The van der Waals surface area contributed by atoms with E-state index >= 15 is 0 Å². The minimum absolute atomic E-state index is 0.175. The summed E-state index contributed by atoms with van der Waals surface area (Å²) in [5.41, 5.74) is 3.20. The number of halogens is 1. The first-order valence-electron chi connectivity index (χ1n) is 9.03. The van der Waals surface area contributed by atoms with Gasteiger partial charge in [0, 0.05) is 10.2 Å². The van der Waals surface area contributed by atoms with Gasteiger partial charge in [-0.25, -0.2) is 4.90 Å². The molecule has 1 saturated heterocycles. The van der Waals surface area contributed by atoms with Crippen molar-refractivity contribution in [2.24, 2.45) is 10.3 Å². The van der Waals surface area contributed by atoms with Crippen LogP contribution in [0.2, 0.25) is 0 Å². The number of benzene rings is 2. The maximum atomic E-state index is 12.9. The van der Waals surface area contributed by atoms with Crippen LogP contribution in [0.1, 0.15) is 11.1 Å². The van der Waals surface area contributed by atoms with Crippen LogP contribution in [0, 0.1) is 13.8 Å². The van der Waals surface area contributed by atoms with Crippen LogP contribution in [0.25, 0.3) is 0 Å². The average molecular weight is 456 g/mol. The second kappa shape index (κ2) is 7.40. The van der Waals surface area contributed by atoms with Gasteiger partial charge >= 0.3 is 0 Å². The molecule has 0 aliphatic carbocycles. The highest BCUT2D eigenvalue weighted by Crippen LogP contribution is 2.32. The monoisotopic (exact) mass is 455 g/mol. The predicted octanol–water partition coefficient (Wildman–Crippen LogP) is 3.00. The Morgan fingerprint density at radius 1 is 1.10 bits per heavy atom. The first-order chi connectivity index (χ1) is 13.9. The van der Waals surface area contributed by atoms with Gasteiger partial charge in [0.15, 0.2) is 12.1 Å². The summed E-state index contributed by atoms with van der Waals surface area (Å²) in [7, 11) is 0. The SMILES string of the molecule is Cc1cccc(NC(=O)CN2N=N[C@@H]3C(=O)N(c4ccc(Br)cc4)C(=O)[C@@H]32)c1C. The molecule has 8 nitrogen and oxygen atoms in total. The lowest BCUT2D eigenvalue weighted by Crippen LogP contribution is -2.43. The summed E-state index contributed by atoms with van der Waals surface area (Å²) in [6.45, 7) is 3.71. The number of amides is 3. The molecular formula is C20H18BrN5O3. The third-order valence-corrected chi connectivity index (χ3v) is 5.66. The van der Waals surface area contributed by atoms with E-state index in [-0.39, 0.29) is 12.5 Å². The van der Waals surface area contributed by atoms with Crippen LogP contribution < -0.4 is 10.2 Å². The zero-order valence-electron chi connectivity index (χ0n) is 15.8. The zero-order chi connectivity index (χ0) is 20.7. The number of anilines is 2. The van der Waals surface area contributed by atoms with Gasteiger partial charge in [-0.15, -0.1) is 0 Å². The van der Waals surface area contributed by atoms with Crippen LogP contribution in [0.3, 0.4) is 0 Å². The Bertz CT molecular complexity index is 1040. The summed E-state index contributed by atoms with van der Waals surface area (Å²) in [5.74, 6) is -1.21. The lowest BCUT2D eigenvalue weighted by atomic mass is 10.1. The van der Waals surface area contributed by atoms with E-state index in [4.69, 9.17) is 0 Å². The van der Waals surface area contributed by atoms with Crippen LogP contribution in [-0.4, -0.2) is 41.4 Å². The van der Waals surface area contributed by atoms with Crippen molar-refractivity contribution in [3.8, 4) is 0 Å². The normalized spacial score (nSPS) is 20.4. The number of rotatable bonds is 4. The molecule has 2 aliphatic rings. The lowest BCUT2D eigenvalue weighted by molar-refractivity contribution is -0.123. The minimum Gasteiger partial charge on any atom is -0.324 e. The molecule has 9 heteroatoms. The predicted molar refractivity (Wildman–Crippen MR) is 110 cm³/mol. The van der Waals surface area contributed by atoms with E-state index in [0.29, 0.717) is 11.4 Å². The van der Waals surface area contributed by atoms with Crippen molar-refractivity contribution >= 4 is 45.0 Å². The van der Waals surface area contributed by atoms with Crippen LogP contribution in [-0.2, 0) is 14.4 Å². The number of hydrogen-bond donors (Lipinski definition) is 1. The van der Waals surface area contributed by atoms with Gasteiger partial charge in [-0.3, -0.25) is 19.4 Å². The third kappa shape index (κ3) is 3.42. The number of nitrogens with one attached hydrogen (secondary N) is 1. The van der Waals surface area contributed by atoms with Gasteiger partial charge in [-0.1, -0.05) is 33.3 Å². The van der Waals surface area contributed by atoms with E-state index in [2.05, 4.69) is 31.6 Å². The summed E-state index contributed by atoms with van der Waals surface area (Å²) in [6, 6.07) is 10.7. The molecule has 1 fully saturated rings. The summed E-state index contributed by atoms with van der Waals surface area (Å²) in [5, 5.41) is 12.0. The molecule has 148 valence electrons. The van der Waals surface area contributed by atoms with Gasteiger partial charge in [-0.2, -0.15) is 5.11 Å². The van der Waals surface area contributed by atoms with Crippen LogP contribution in [0.4, 0.5) is 11.4 Å². The number of imide groups is 1. The van der Waals surface area contributed by atoms with Gasteiger partial charge in [0.1, 0.15) is 6.54 Å². The molecule has 0 bridgehead atoms. The molecule has 0 saturated carbocycles. The largest absolute Gasteiger partial charge is 0.324 e. The first-order valence-corrected chi connectivity index (χ1v) is 9.83. The van der Waals surface area contributed by atoms with E-state index in [9.17, 15) is 14.4 Å². The van der Waals surface area contributed by atoms with Crippen molar-refractivity contribution in [1.82, 2.24) is 5.01 Å². The van der Waals surface area contributed by atoms with Crippen molar-refractivity contribution in [1.29, 1.82) is 0 Å². The molecule has 1 N–H and O–H groups in total. The third-order valence-electron chi connectivity index (χ3n) is 5.13. The molecule has 0 unspecified atom stereocenters. The number of carbonyl (C=O) groups excluding carboxylic acids is 3. The van der Waals surface area contributed by atoms with E-state index in [1.807, 2.05) is 32.0 Å². The lowest BCUT2D eigenvalue weighted by Gasteiger charge is -2.20. The molecule has 29 heavy (non-hydrogen) atoms. The zero-order valence-corrected chi connectivity index (χ0v) is 17.4. The number of carbonyl (C=O) groups is 3. The summed E-state index contributed by atoms with van der Waals surface area (Å²) >= 11 is 3.33. The molecule has 2 atom stereocenters. The molecule has 2 aliphatic heterocycles. The highest BCUT2D eigenvalue weighted by atomic mass is 79.9. The highest BCUT2D eigenvalue weighted by molar-refractivity contribution is 9.10. The molecule has 4 rings (SSSR count). The summed E-state index contributed by atoms with van der Waals surface area (Å²) in [4.78, 5) is 39.3. The minimum atomic E-state index is -0.931. The van der Waals surface area contributed by atoms with Gasteiger partial charge in [0.25, 0.3) is 11.8 Å². The second-order valence-corrected chi connectivity index (χ2v) is 7.89. The molecule has 0 spiro atoms. The number of hydrogen-bond acceptors (Lipinski definition) is 6.